The molecule has 156 valence electrons. The van der Waals surface area contributed by atoms with Crippen molar-refractivity contribution in [1.82, 2.24) is 9.88 Å². The van der Waals surface area contributed by atoms with E-state index in [2.05, 4.69) is 4.98 Å². The molecule has 0 unspecified atom stereocenters. The van der Waals surface area contributed by atoms with Gasteiger partial charge in [-0.3, -0.25) is 9.69 Å². The predicted molar refractivity (Wildman–Crippen MR) is 125 cm³/mol. The number of aromatic hydroxyl groups is 1. The van der Waals surface area contributed by atoms with Gasteiger partial charge in [-0.05, 0) is 42.3 Å². The maximum Gasteiger partial charge on any atom is 0.266 e. The molecule has 3 aromatic rings. The van der Waals surface area contributed by atoms with Crippen LogP contribution in [-0.4, -0.2) is 38.6 Å². The first-order valence-electron chi connectivity index (χ1n) is 9.41. The SMILES string of the molecule is O=C1/C(=C/c2cc3cc4c(cc3nc2Cl)OCO4)SC(=S)N1CCc1ccc(O)cc1. The zero-order chi connectivity index (χ0) is 21.5. The van der Waals surface area contributed by atoms with Gasteiger partial charge in [0, 0.05) is 23.6 Å². The number of phenolic OH excluding ortho intramolecular Hbond substituents is 1. The number of phenols is 1. The smallest absolute Gasteiger partial charge is 0.266 e. The number of carbonyl (C=O) groups excluding carboxylic acids is 1. The molecule has 5 rings (SSSR count). The van der Waals surface area contributed by atoms with Crippen LogP contribution in [0.4, 0.5) is 0 Å². The number of amides is 1. The molecule has 0 atom stereocenters. The second-order valence-electron chi connectivity index (χ2n) is 7.02. The average Bonchev–Trinajstić information content (AvgIpc) is 3.30. The van der Waals surface area contributed by atoms with E-state index in [9.17, 15) is 9.90 Å². The van der Waals surface area contributed by atoms with Gasteiger partial charge in [-0.25, -0.2) is 4.98 Å². The van der Waals surface area contributed by atoms with Crippen molar-refractivity contribution in [2.45, 2.75) is 6.42 Å². The van der Waals surface area contributed by atoms with E-state index in [-0.39, 0.29) is 18.4 Å². The number of hydrogen-bond acceptors (Lipinski definition) is 7. The summed E-state index contributed by atoms with van der Waals surface area (Å²) in [6.45, 7) is 0.638. The Morgan fingerprint density at radius 3 is 2.71 bits per heavy atom. The number of benzene rings is 2. The van der Waals surface area contributed by atoms with Gasteiger partial charge in [-0.1, -0.05) is 47.7 Å². The Bertz CT molecular complexity index is 1260. The number of rotatable bonds is 4. The van der Waals surface area contributed by atoms with E-state index in [1.165, 1.54) is 11.8 Å². The van der Waals surface area contributed by atoms with Crippen LogP contribution in [0.15, 0.2) is 47.4 Å². The van der Waals surface area contributed by atoms with Gasteiger partial charge in [0.15, 0.2) is 11.5 Å². The highest BCUT2D eigenvalue weighted by molar-refractivity contribution is 8.26. The van der Waals surface area contributed by atoms with E-state index in [1.54, 1.807) is 29.2 Å². The monoisotopic (exact) mass is 470 g/mol. The van der Waals surface area contributed by atoms with Crippen LogP contribution in [0, 0.1) is 0 Å². The minimum absolute atomic E-state index is 0.157. The van der Waals surface area contributed by atoms with Gasteiger partial charge in [0.25, 0.3) is 5.91 Å². The number of fused-ring (bicyclic) bond motifs is 2. The minimum atomic E-state index is -0.157. The van der Waals surface area contributed by atoms with Gasteiger partial charge in [0.05, 0.1) is 10.4 Å². The fourth-order valence-corrected chi connectivity index (χ4v) is 4.90. The van der Waals surface area contributed by atoms with Crippen LogP contribution in [0.3, 0.4) is 0 Å². The van der Waals surface area contributed by atoms with Crippen LogP contribution in [0.1, 0.15) is 11.1 Å². The lowest BCUT2D eigenvalue weighted by molar-refractivity contribution is -0.122. The van der Waals surface area contributed by atoms with Crippen molar-refractivity contribution in [3.63, 3.8) is 0 Å². The van der Waals surface area contributed by atoms with Crippen LogP contribution in [0.25, 0.3) is 17.0 Å². The molecule has 2 aromatic carbocycles. The largest absolute Gasteiger partial charge is 0.508 e. The van der Waals surface area contributed by atoms with Gasteiger partial charge in [-0.2, -0.15) is 0 Å². The van der Waals surface area contributed by atoms with Crippen molar-refractivity contribution < 1.29 is 19.4 Å². The summed E-state index contributed by atoms with van der Waals surface area (Å²) in [7, 11) is 0. The van der Waals surface area contributed by atoms with Crippen LogP contribution < -0.4 is 9.47 Å². The molecule has 1 amide bonds. The van der Waals surface area contributed by atoms with Gasteiger partial charge in [-0.15, -0.1) is 0 Å². The molecule has 0 radical (unpaired) electrons. The summed E-state index contributed by atoms with van der Waals surface area (Å²) in [5.41, 5.74) is 2.33. The van der Waals surface area contributed by atoms with Crippen molar-refractivity contribution in [2.24, 2.45) is 0 Å². The number of aromatic nitrogens is 1. The Hall–Kier alpha value is -2.81. The third-order valence-corrected chi connectivity index (χ3v) is 6.69. The van der Waals surface area contributed by atoms with Gasteiger partial charge in [0.1, 0.15) is 15.2 Å². The normalized spacial score (nSPS) is 16.7. The van der Waals surface area contributed by atoms with Crippen LogP contribution in [-0.2, 0) is 11.2 Å². The zero-order valence-corrected chi connectivity index (χ0v) is 18.4. The number of ether oxygens (including phenoxy) is 2. The van der Waals surface area contributed by atoms with Crippen molar-refractivity contribution in [1.29, 1.82) is 0 Å². The fraction of sp³-hybridized carbons (Fsp3) is 0.136. The number of halogens is 1. The Labute approximate surface area is 192 Å². The van der Waals surface area contributed by atoms with E-state index in [1.807, 2.05) is 24.3 Å². The predicted octanol–water partition coefficient (Wildman–Crippen LogP) is 4.77. The molecule has 9 heteroatoms. The number of thiocarbonyl (C=S) groups is 1. The Morgan fingerprint density at radius 1 is 1.19 bits per heavy atom. The molecule has 2 aliphatic heterocycles. The van der Waals surface area contributed by atoms with E-state index >= 15 is 0 Å². The van der Waals surface area contributed by atoms with Crippen molar-refractivity contribution in [2.75, 3.05) is 13.3 Å². The molecule has 31 heavy (non-hydrogen) atoms. The summed E-state index contributed by atoms with van der Waals surface area (Å²) >= 11 is 13.1. The summed E-state index contributed by atoms with van der Waals surface area (Å²) < 4.78 is 11.3. The molecule has 0 aliphatic carbocycles. The third-order valence-electron chi connectivity index (χ3n) is 5.01. The Balaban J connectivity index is 1.39. The molecular formula is C22H15ClN2O4S2. The van der Waals surface area contributed by atoms with E-state index in [4.69, 9.17) is 33.3 Å². The number of nitrogens with zero attached hydrogens (tertiary/aromatic N) is 2. The molecule has 2 aliphatic rings. The maximum atomic E-state index is 12.9. The van der Waals surface area contributed by atoms with Crippen molar-refractivity contribution in [3.05, 3.63) is 63.6 Å². The topological polar surface area (TPSA) is 71.9 Å². The summed E-state index contributed by atoms with van der Waals surface area (Å²) in [6.07, 6.45) is 2.35. The highest BCUT2D eigenvalue weighted by Gasteiger charge is 2.32. The van der Waals surface area contributed by atoms with Gasteiger partial charge >= 0.3 is 0 Å². The molecular weight excluding hydrogens is 456 g/mol. The quantitative estimate of drug-likeness (QED) is 0.334. The fourth-order valence-electron chi connectivity index (χ4n) is 3.40. The van der Waals surface area contributed by atoms with E-state index < -0.39 is 0 Å². The average molecular weight is 471 g/mol. The molecule has 1 fully saturated rings. The van der Waals surface area contributed by atoms with Crippen molar-refractivity contribution >= 4 is 62.8 Å². The number of hydrogen-bond donors (Lipinski definition) is 1. The van der Waals surface area contributed by atoms with E-state index in [0.29, 0.717) is 49.9 Å². The lowest BCUT2D eigenvalue weighted by Gasteiger charge is -2.14. The Kier molecular flexibility index (Phi) is 5.21. The van der Waals surface area contributed by atoms with Gasteiger partial charge < -0.3 is 14.6 Å². The number of pyridine rings is 1. The lowest BCUT2D eigenvalue weighted by atomic mass is 10.1. The third kappa shape index (κ3) is 3.94. The first-order chi connectivity index (χ1) is 15.0. The highest BCUT2D eigenvalue weighted by Crippen LogP contribution is 2.38. The molecule has 1 N–H and O–H groups in total. The second-order valence-corrected chi connectivity index (χ2v) is 9.05. The van der Waals surface area contributed by atoms with E-state index in [0.717, 1.165) is 10.9 Å². The Morgan fingerprint density at radius 2 is 1.94 bits per heavy atom. The van der Waals surface area contributed by atoms with Crippen molar-refractivity contribution in [3.8, 4) is 17.2 Å². The molecule has 1 saturated heterocycles. The number of carbonyl (C=O) groups is 1. The number of thioether (sulfide) groups is 1. The molecule has 0 bridgehead atoms. The van der Waals surface area contributed by atoms with Crippen LogP contribution in [0.2, 0.25) is 5.15 Å². The molecule has 6 nitrogen and oxygen atoms in total. The summed E-state index contributed by atoms with van der Waals surface area (Å²) in [5.74, 6) is 1.35. The highest BCUT2D eigenvalue weighted by atomic mass is 35.5. The van der Waals surface area contributed by atoms with Gasteiger partial charge in [0.2, 0.25) is 6.79 Å². The first kappa shape index (κ1) is 20.1. The van der Waals surface area contributed by atoms with Crippen LogP contribution in [0.5, 0.6) is 17.2 Å². The molecule has 0 saturated carbocycles. The summed E-state index contributed by atoms with van der Waals surface area (Å²) in [6, 6.07) is 12.4. The lowest BCUT2D eigenvalue weighted by Crippen LogP contribution is -2.30. The second kappa shape index (κ2) is 8.03. The maximum absolute atomic E-state index is 12.9. The van der Waals surface area contributed by atoms with Crippen LogP contribution >= 0.6 is 35.6 Å². The minimum Gasteiger partial charge on any atom is -0.508 e. The summed E-state index contributed by atoms with van der Waals surface area (Å²) in [5, 5.41) is 10.5. The summed E-state index contributed by atoms with van der Waals surface area (Å²) in [4.78, 5) is 19.5. The molecule has 1 aromatic heterocycles. The molecule has 0 spiro atoms. The first-order valence-corrected chi connectivity index (χ1v) is 11.0. The molecule has 3 heterocycles. The zero-order valence-electron chi connectivity index (χ0n) is 16.0. The standard InChI is InChI=1S/C22H15ClN2O4S2/c23-20-14(7-13-8-17-18(29-11-28-17)10-16(13)24-20)9-19-21(27)25(22(30)31-19)6-5-12-1-3-15(26)4-2-12/h1-4,7-10,26H,5-6,11H2/b19-9-.